The third-order valence-corrected chi connectivity index (χ3v) is 1.46. The molecule has 0 aromatic heterocycles. The molecule has 0 spiro atoms. The maximum absolute atomic E-state index is 8.96. The van der Waals surface area contributed by atoms with Gasteiger partial charge < -0.3 is 15.2 Å². The number of benzene rings is 1. The van der Waals surface area contributed by atoms with E-state index in [4.69, 9.17) is 9.84 Å². The van der Waals surface area contributed by atoms with Gasteiger partial charge in [-0.2, -0.15) is 0 Å². The molecular formula is C9H13NO2. The minimum atomic E-state index is 0.260. The quantitative estimate of drug-likeness (QED) is 0.657. The van der Waals surface area contributed by atoms with Gasteiger partial charge in [-0.3, -0.25) is 0 Å². The maximum atomic E-state index is 8.96. The van der Waals surface area contributed by atoms with Crippen LogP contribution >= 0.6 is 0 Å². The summed E-state index contributed by atoms with van der Waals surface area (Å²) in [6.45, 7) is 1.46. The van der Waals surface area contributed by atoms with Gasteiger partial charge >= 0.3 is 0 Å². The van der Waals surface area contributed by atoms with Crippen LogP contribution in [0.25, 0.3) is 0 Å². The molecule has 1 rings (SSSR count). The topological polar surface area (TPSA) is 41.5 Å². The Morgan fingerprint density at radius 3 is 2.58 bits per heavy atom. The number of phenolic OH excluding ortho intramolecular Hbond substituents is 1. The molecule has 0 atom stereocenters. The number of phenols is 1. The molecule has 3 nitrogen and oxygen atoms in total. The molecule has 0 aliphatic rings. The average molecular weight is 167 g/mol. The van der Waals surface area contributed by atoms with Crippen molar-refractivity contribution in [2.24, 2.45) is 0 Å². The highest BCUT2D eigenvalue weighted by molar-refractivity contribution is 5.29. The zero-order chi connectivity index (χ0) is 8.81. The molecule has 66 valence electrons. The monoisotopic (exact) mass is 167 g/mol. The minimum Gasteiger partial charge on any atom is -0.508 e. The molecule has 0 aliphatic carbocycles. The summed E-state index contributed by atoms with van der Waals surface area (Å²) in [7, 11) is 1.88. The van der Waals surface area contributed by atoms with Crippen LogP contribution in [0.4, 0.5) is 0 Å². The lowest BCUT2D eigenvalue weighted by molar-refractivity contribution is 0.318. The Labute approximate surface area is 72.0 Å². The summed E-state index contributed by atoms with van der Waals surface area (Å²) in [5.41, 5.74) is 0. The number of hydrogen-bond donors (Lipinski definition) is 2. The van der Waals surface area contributed by atoms with Crippen LogP contribution in [0.2, 0.25) is 0 Å². The molecule has 1 aromatic rings. The van der Waals surface area contributed by atoms with Gasteiger partial charge in [-0.15, -0.1) is 0 Å². The summed E-state index contributed by atoms with van der Waals surface area (Å²) >= 11 is 0. The molecule has 3 heteroatoms. The van der Waals surface area contributed by atoms with E-state index in [1.165, 1.54) is 0 Å². The first-order chi connectivity index (χ1) is 5.83. The lowest BCUT2D eigenvalue weighted by Gasteiger charge is -2.04. The van der Waals surface area contributed by atoms with E-state index in [0.717, 1.165) is 12.3 Å². The van der Waals surface area contributed by atoms with E-state index in [9.17, 15) is 0 Å². The highest BCUT2D eigenvalue weighted by atomic mass is 16.5. The number of ether oxygens (including phenoxy) is 1. The predicted octanol–water partition coefficient (Wildman–Crippen LogP) is 0.990. The Morgan fingerprint density at radius 1 is 1.33 bits per heavy atom. The Bertz CT molecular complexity index is 220. The molecule has 0 amide bonds. The van der Waals surface area contributed by atoms with E-state index in [2.05, 4.69) is 5.32 Å². The van der Waals surface area contributed by atoms with E-state index in [0.29, 0.717) is 6.61 Å². The fraction of sp³-hybridized carbons (Fsp3) is 0.333. The lowest BCUT2D eigenvalue weighted by atomic mass is 10.3. The van der Waals surface area contributed by atoms with E-state index in [1.807, 2.05) is 7.05 Å². The molecule has 0 saturated heterocycles. The molecule has 0 heterocycles. The van der Waals surface area contributed by atoms with Crippen molar-refractivity contribution in [1.29, 1.82) is 0 Å². The summed E-state index contributed by atoms with van der Waals surface area (Å²) < 4.78 is 5.33. The molecule has 2 N–H and O–H groups in total. The van der Waals surface area contributed by atoms with Crippen LogP contribution < -0.4 is 10.1 Å². The molecule has 0 radical (unpaired) electrons. The van der Waals surface area contributed by atoms with Gasteiger partial charge in [0.15, 0.2) is 0 Å². The molecule has 0 aliphatic heterocycles. The second-order valence-corrected chi connectivity index (χ2v) is 2.45. The average Bonchev–Trinajstić information content (AvgIpc) is 2.09. The van der Waals surface area contributed by atoms with Crippen molar-refractivity contribution < 1.29 is 9.84 Å². The second-order valence-electron chi connectivity index (χ2n) is 2.45. The zero-order valence-electron chi connectivity index (χ0n) is 7.08. The van der Waals surface area contributed by atoms with E-state index in [1.54, 1.807) is 24.3 Å². The first-order valence-corrected chi connectivity index (χ1v) is 3.89. The number of hydrogen-bond acceptors (Lipinski definition) is 3. The smallest absolute Gasteiger partial charge is 0.119 e. The van der Waals surface area contributed by atoms with Crippen molar-refractivity contribution in [3.63, 3.8) is 0 Å². The summed E-state index contributed by atoms with van der Waals surface area (Å²) in [5, 5.41) is 11.9. The molecule has 12 heavy (non-hydrogen) atoms. The van der Waals surface area contributed by atoms with E-state index >= 15 is 0 Å². The number of likely N-dealkylation sites (N-methyl/N-ethyl adjacent to an activating group) is 1. The highest BCUT2D eigenvalue weighted by Gasteiger charge is 1.91. The largest absolute Gasteiger partial charge is 0.508 e. The van der Waals surface area contributed by atoms with Crippen molar-refractivity contribution >= 4 is 0 Å². The molecule has 0 fully saturated rings. The fourth-order valence-corrected chi connectivity index (χ4v) is 0.813. The Balaban J connectivity index is 2.37. The minimum absolute atomic E-state index is 0.260. The normalized spacial score (nSPS) is 9.75. The molecule has 0 bridgehead atoms. The third-order valence-electron chi connectivity index (χ3n) is 1.46. The van der Waals surface area contributed by atoms with Gasteiger partial charge in [-0.25, -0.2) is 0 Å². The Kier molecular flexibility index (Phi) is 3.41. The van der Waals surface area contributed by atoms with Gasteiger partial charge in [0.05, 0.1) is 0 Å². The maximum Gasteiger partial charge on any atom is 0.119 e. The Morgan fingerprint density at radius 2 is 2.00 bits per heavy atom. The number of aromatic hydroxyl groups is 1. The van der Waals surface area contributed by atoms with Crippen LogP contribution in [-0.4, -0.2) is 25.3 Å². The van der Waals surface area contributed by atoms with Gasteiger partial charge in [0.2, 0.25) is 0 Å². The van der Waals surface area contributed by atoms with Gasteiger partial charge in [0.1, 0.15) is 18.1 Å². The lowest BCUT2D eigenvalue weighted by Crippen LogP contribution is -2.15. The first-order valence-electron chi connectivity index (χ1n) is 3.89. The summed E-state index contributed by atoms with van der Waals surface area (Å²) in [4.78, 5) is 0. The molecule has 1 aromatic carbocycles. The summed E-state index contributed by atoms with van der Waals surface area (Å²) in [6.07, 6.45) is 0. The summed E-state index contributed by atoms with van der Waals surface area (Å²) in [6, 6.07) is 6.69. The van der Waals surface area contributed by atoms with E-state index < -0.39 is 0 Å². The van der Waals surface area contributed by atoms with Crippen LogP contribution in [0.3, 0.4) is 0 Å². The van der Waals surface area contributed by atoms with Gasteiger partial charge in [-0.05, 0) is 31.3 Å². The second kappa shape index (κ2) is 4.62. The number of nitrogens with one attached hydrogen (secondary N) is 1. The molecule has 0 saturated carbocycles. The van der Waals surface area contributed by atoms with Crippen LogP contribution in [0.1, 0.15) is 0 Å². The standard InChI is InChI=1S/C9H13NO2/c1-10-6-7-12-9-4-2-8(11)3-5-9/h2-5,10-11H,6-7H2,1H3. The van der Waals surface area contributed by atoms with Crippen molar-refractivity contribution in [2.45, 2.75) is 0 Å². The Hall–Kier alpha value is -1.22. The van der Waals surface area contributed by atoms with Crippen molar-refractivity contribution in [1.82, 2.24) is 5.32 Å². The predicted molar refractivity (Wildman–Crippen MR) is 47.5 cm³/mol. The van der Waals surface area contributed by atoms with Crippen molar-refractivity contribution in [3.8, 4) is 11.5 Å². The van der Waals surface area contributed by atoms with Crippen LogP contribution in [-0.2, 0) is 0 Å². The zero-order valence-corrected chi connectivity index (χ0v) is 7.08. The molecule has 0 unspecified atom stereocenters. The van der Waals surface area contributed by atoms with Crippen LogP contribution in [0.15, 0.2) is 24.3 Å². The number of rotatable bonds is 4. The van der Waals surface area contributed by atoms with E-state index in [-0.39, 0.29) is 5.75 Å². The summed E-state index contributed by atoms with van der Waals surface area (Å²) in [5.74, 6) is 1.04. The fourth-order valence-electron chi connectivity index (χ4n) is 0.813. The van der Waals surface area contributed by atoms with Gasteiger partial charge in [0, 0.05) is 6.54 Å². The first kappa shape index (κ1) is 8.87. The van der Waals surface area contributed by atoms with Gasteiger partial charge in [0.25, 0.3) is 0 Å². The van der Waals surface area contributed by atoms with Crippen LogP contribution in [0.5, 0.6) is 11.5 Å². The third kappa shape index (κ3) is 2.80. The highest BCUT2D eigenvalue weighted by Crippen LogP contribution is 2.15. The van der Waals surface area contributed by atoms with Crippen molar-refractivity contribution in [2.75, 3.05) is 20.2 Å². The molecular weight excluding hydrogens is 154 g/mol. The van der Waals surface area contributed by atoms with Crippen molar-refractivity contribution in [3.05, 3.63) is 24.3 Å². The SMILES string of the molecule is CNCCOc1ccc(O)cc1. The van der Waals surface area contributed by atoms with Gasteiger partial charge in [-0.1, -0.05) is 0 Å². The van der Waals surface area contributed by atoms with Crippen LogP contribution in [0, 0.1) is 0 Å².